The molecule has 4 N–H and O–H groups in total. The second-order valence-electron chi connectivity index (χ2n) is 6.59. The monoisotopic (exact) mass is 351 g/mol. The van der Waals surface area contributed by atoms with Crippen molar-refractivity contribution in [1.29, 1.82) is 0 Å². The Bertz CT molecular complexity index is 339. The van der Waals surface area contributed by atoms with E-state index in [-0.39, 0.29) is 5.78 Å². The predicted molar refractivity (Wildman–Crippen MR) is 99.4 cm³/mol. The van der Waals surface area contributed by atoms with Crippen molar-refractivity contribution in [3.05, 3.63) is 0 Å². The van der Waals surface area contributed by atoms with E-state index in [0.29, 0.717) is 13.1 Å². The molecule has 0 aliphatic heterocycles. The fraction of sp³-hybridized carbons (Fsp3) is 0.933. The first kappa shape index (κ1) is 22.2. The van der Waals surface area contributed by atoms with Crippen molar-refractivity contribution in [1.82, 2.24) is 10.2 Å². The number of carbonyl (C=O) groups excluding carboxylic acids is 1. The van der Waals surface area contributed by atoms with Gasteiger partial charge in [-0.05, 0) is 41.7 Å². The molecule has 0 bridgehead atoms. The molecule has 0 saturated carbocycles. The van der Waals surface area contributed by atoms with E-state index in [1.54, 1.807) is 28.5 Å². The molecule has 0 radical (unpaired) electrons. The first-order valence-electron chi connectivity index (χ1n) is 7.65. The van der Waals surface area contributed by atoms with Gasteiger partial charge in [-0.1, -0.05) is 21.6 Å². The molecule has 22 heavy (non-hydrogen) atoms. The largest absolute Gasteiger partial charge is 0.390 e. The zero-order valence-corrected chi connectivity index (χ0v) is 16.4. The molecule has 1 unspecified atom stereocenters. The number of nitrogens with two attached hydrogens (primary N) is 1. The molecule has 0 saturated heterocycles. The molecule has 0 aliphatic rings. The second kappa shape index (κ2) is 10.2. The quantitative estimate of drug-likeness (QED) is 0.362. The highest BCUT2D eigenvalue weighted by molar-refractivity contribution is 8.76. The third-order valence-electron chi connectivity index (χ3n) is 4.15. The fourth-order valence-corrected chi connectivity index (χ4v) is 3.45. The van der Waals surface area contributed by atoms with Crippen LogP contribution in [0.15, 0.2) is 0 Å². The van der Waals surface area contributed by atoms with Crippen LogP contribution in [-0.4, -0.2) is 71.2 Å². The minimum Gasteiger partial charge on any atom is -0.390 e. The van der Waals surface area contributed by atoms with Gasteiger partial charge in [-0.15, -0.1) is 0 Å². The molecule has 0 spiro atoms. The Morgan fingerprint density at radius 3 is 2.32 bits per heavy atom. The summed E-state index contributed by atoms with van der Waals surface area (Å²) in [5, 5.41) is 13.9. The van der Waals surface area contributed by atoms with Crippen molar-refractivity contribution in [2.75, 3.05) is 38.2 Å². The summed E-state index contributed by atoms with van der Waals surface area (Å²) in [5.41, 5.74) is 4.48. The SMILES string of the molecule is CC(=O)C(C)(C)N(C)CC(O)C(C)(C)NCCSSCCN. The zero-order valence-electron chi connectivity index (χ0n) is 14.8. The molecule has 0 heterocycles. The van der Waals surface area contributed by atoms with E-state index in [4.69, 9.17) is 5.73 Å². The number of hydrogen-bond acceptors (Lipinski definition) is 7. The van der Waals surface area contributed by atoms with E-state index in [0.717, 1.165) is 18.1 Å². The summed E-state index contributed by atoms with van der Waals surface area (Å²) < 4.78 is 0. The van der Waals surface area contributed by atoms with Crippen molar-refractivity contribution in [2.24, 2.45) is 5.73 Å². The third-order valence-corrected chi connectivity index (χ3v) is 6.59. The van der Waals surface area contributed by atoms with Crippen LogP contribution in [0.4, 0.5) is 0 Å². The maximum atomic E-state index is 11.7. The van der Waals surface area contributed by atoms with Crippen LogP contribution in [0.5, 0.6) is 0 Å². The lowest BCUT2D eigenvalue weighted by Crippen LogP contribution is -2.57. The van der Waals surface area contributed by atoms with Gasteiger partial charge in [0.2, 0.25) is 0 Å². The van der Waals surface area contributed by atoms with E-state index in [9.17, 15) is 9.90 Å². The van der Waals surface area contributed by atoms with Crippen LogP contribution in [-0.2, 0) is 4.79 Å². The highest BCUT2D eigenvalue weighted by Gasteiger charge is 2.34. The lowest BCUT2D eigenvalue weighted by Gasteiger charge is -2.39. The number of nitrogens with zero attached hydrogens (tertiary/aromatic N) is 1. The van der Waals surface area contributed by atoms with Gasteiger partial charge >= 0.3 is 0 Å². The summed E-state index contributed by atoms with van der Waals surface area (Å²) in [6.07, 6.45) is -0.558. The molecule has 132 valence electrons. The van der Waals surface area contributed by atoms with E-state index in [1.807, 2.05) is 39.6 Å². The van der Waals surface area contributed by atoms with Crippen LogP contribution >= 0.6 is 21.6 Å². The van der Waals surface area contributed by atoms with Gasteiger partial charge in [0.15, 0.2) is 0 Å². The van der Waals surface area contributed by atoms with Crippen molar-refractivity contribution in [3.8, 4) is 0 Å². The van der Waals surface area contributed by atoms with Gasteiger partial charge in [-0.25, -0.2) is 0 Å². The molecule has 0 fully saturated rings. The normalized spacial score (nSPS) is 14.4. The standard InChI is InChI=1S/C15H33N3O2S2/c1-12(19)15(4,5)18(6)11-13(20)14(2,3)17-8-10-22-21-9-7-16/h13,17,20H,7-11,16H2,1-6H3. The number of rotatable bonds is 12. The van der Waals surface area contributed by atoms with Crippen molar-refractivity contribution in [2.45, 2.75) is 51.8 Å². The fourth-order valence-electron chi connectivity index (χ4n) is 1.68. The van der Waals surface area contributed by atoms with Gasteiger partial charge in [0.1, 0.15) is 5.78 Å². The minimum absolute atomic E-state index is 0.0984. The molecule has 0 aromatic carbocycles. The Labute approximate surface area is 143 Å². The Hall–Kier alpha value is 0.210. The number of β-amino-alcohol motifs (C(OH)–C–C–N with tert-alkyl or cyclic N) is 1. The minimum atomic E-state index is -0.564. The van der Waals surface area contributed by atoms with Crippen LogP contribution < -0.4 is 11.1 Å². The number of ketones is 1. The van der Waals surface area contributed by atoms with E-state index in [1.165, 1.54) is 0 Å². The molecular formula is C15H33N3O2S2. The Morgan fingerprint density at radius 2 is 1.82 bits per heavy atom. The summed E-state index contributed by atoms with van der Waals surface area (Å²) in [7, 11) is 5.44. The lowest BCUT2D eigenvalue weighted by molar-refractivity contribution is -0.127. The van der Waals surface area contributed by atoms with E-state index < -0.39 is 17.2 Å². The summed E-state index contributed by atoms with van der Waals surface area (Å²) in [6.45, 7) is 11.3. The molecule has 5 nitrogen and oxygen atoms in total. The average Bonchev–Trinajstić information content (AvgIpc) is 2.42. The molecule has 0 rings (SSSR count). The second-order valence-corrected chi connectivity index (χ2v) is 9.29. The van der Waals surface area contributed by atoms with Crippen molar-refractivity contribution < 1.29 is 9.90 Å². The van der Waals surface area contributed by atoms with Gasteiger partial charge in [-0.2, -0.15) is 0 Å². The summed E-state index contributed by atoms with van der Waals surface area (Å²) in [6, 6.07) is 0. The third kappa shape index (κ3) is 7.66. The van der Waals surface area contributed by atoms with Gasteiger partial charge in [0.25, 0.3) is 0 Å². The molecule has 0 amide bonds. The van der Waals surface area contributed by atoms with Gasteiger partial charge in [0, 0.05) is 36.7 Å². The predicted octanol–water partition coefficient (Wildman–Crippen LogP) is 1.36. The Kier molecular flexibility index (Phi) is 10.3. The molecule has 0 aliphatic carbocycles. The summed E-state index contributed by atoms with van der Waals surface area (Å²) >= 11 is 0. The van der Waals surface area contributed by atoms with Crippen LogP contribution in [0.1, 0.15) is 34.6 Å². The number of hydrogen-bond donors (Lipinski definition) is 3. The molecule has 1 atom stereocenters. The van der Waals surface area contributed by atoms with E-state index in [2.05, 4.69) is 5.32 Å². The van der Waals surface area contributed by atoms with Crippen LogP contribution in [0, 0.1) is 0 Å². The van der Waals surface area contributed by atoms with Gasteiger partial charge < -0.3 is 16.2 Å². The zero-order chi connectivity index (χ0) is 17.4. The van der Waals surface area contributed by atoms with Gasteiger partial charge in [-0.3, -0.25) is 9.69 Å². The van der Waals surface area contributed by atoms with Crippen LogP contribution in [0.25, 0.3) is 0 Å². The molecule has 7 heteroatoms. The topological polar surface area (TPSA) is 78.6 Å². The first-order chi connectivity index (χ1) is 10.1. The number of nitrogens with one attached hydrogen (secondary N) is 1. The molecule has 0 aromatic rings. The molecular weight excluding hydrogens is 318 g/mol. The van der Waals surface area contributed by atoms with Crippen molar-refractivity contribution in [3.63, 3.8) is 0 Å². The van der Waals surface area contributed by atoms with Crippen molar-refractivity contribution >= 4 is 27.4 Å². The lowest BCUT2D eigenvalue weighted by atomic mass is 9.93. The van der Waals surface area contributed by atoms with E-state index >= 15 is 0 Å². The Balaban J connectivity index is 4.27. The number of likely N-dealkylation sites (N-methyl/N-ethyl adjacent to an activating group) is 1. The number of aliphatic hydroxyl groups is 1. The number of aliphatic hydroxyl groups excluding tert-OH is 1. The maximum Gasteiger partial charge on any atom is 0.149 e. The highest BCUT2D eigenvalue weighted by Crippen LogP contribution is 2.20. The highest BCUT2D eigenvalue weighted by atomic mass is 33.1. The first-order valence-corrected chi connectivity index (χ1v) is 10.1. The maximum absolute atomic E-state index is 11.7. The molecule has 0 aromatic heterocycles. The van der Waals surface area contributed by atoms with Crippen LogP contribution in [0.3, 0.4) is 0 Å². The smallest absolute Gasteiger partial charge is 0.149 e. The number of Topliss-reactive ketones (excluding diaryl/α,β-unsaturated/α-hetero) is 1. The van der Waals surface area contributed by atoms with Gasteiger partial charge in [0.05, 0.1) is 11.6 Å². The number of carbonyl (C=O) groups is 1. The summed E-state index contributed by atoms with van der Waals surface area (Å²) in [5.74, 6) is 2.03. The van der Waals surface area contributed by atoms with Crippen LogP contribution in [0.2, 0.25) is 0 Å². The average molecular weight is 352 g/mol. The summed E-state index contributed by atoms with van der Waals surface area (Å²) in [4.78, 5) is 13.6. The Morgan fingerprint density at radius 1 is 1.27 bits per heavy atom.